The Balaban J connectivity index is 2.21. The van der Waals surface area contributed by atoms with Crippen molar-refractivity contribution >= 4 is 12.0 Å². The summed E-state index contributed by atoms with van der Waals surface area (Å²) in [5.41, 5.74) is -0.558. The first-order chi connectivity index (χ1) is 9.30. The molecule has 0 aromatic rings. The van der Waals surface area contributed by atoms with E-state index in [2.05, 4.69) is 22.1 Å². The van der Waals surface area contributed by atoms with Gasteiger partial charge in [0, 0.05) is 25.7 Å². The van der Waals surface area contributed by atoms with Gasteiger partial charge < -0.3 is 15.4 Å². The van der Waals surface area contributed by atoms with Crippen molar-refractivity contribution in [3.05, 3.63) is 12.7 Å². The summed E-state index contributed by atoms with van der Waals surface area (Å²) in [5.74, 6) is -0.193. The molecule has 1 fully saturated rings. The molecule has 6 nitrogen and oxygen atoms in total. The van der Waals surface area contributed by atoms with Crippen LogP contribution in [-0.4, -0.2) is 54.7 Å². The molecule has 1 aliphatic heterocycles. The van der Waals surface area contributed by atoms with Gasteiger partial charge in [-0.15, -0.1) is 6.58 Å². The van der Waals surface area contributed by atoms with Crippen molar-refractivity contribution in [1.82, 2.24) is 15.5 Å². The zero-order valence-electron chi connectivity index (χ0n) is 12.6. The molecule has 1 atom stereocenters. The van der Waals surface area contributed by atoms with Crippen LogP contribution in [0.25, 0.3) is 0 Å². The van der Waals surface area contributed by atoms with Crippen molar-refractivity contribution in [2.75, 3.05) is 26.2 Å². The Morgan fingerprint density at radius 2 is 2.15 bits per heavy atom. The number of amides is 2. The quantitative estimate of drug-likeness (QED) is 0.735. The van der Waals surface area contributed by atoms with Crippen molar-refractivity contribution in [3.8, 4) is 0 Å². The molecule has 0 aromatic heterocycles. The summed E-state index contributed by atoms with van der Waals surface area (Å²) in [6.45, 7) is 11.6. The molecule has 114 valence electrons. The van der Waals surface area contributed by atoms with Crippen LogP contribution in [0.4, 0.5) is 4.79 Å². The van der Waals surface area contributed by atoms with Crippen molar-refractivity contribution < 1.29 is 14.3 Å². The third-order valence-electron chi connectivity index (χ3n) is 2.82. The minimum absolute atomic E-state index is 0.0626. The van der Waals surface area contributed by atoms with Gasteiger partial charge in [0.2, 0.25) is 5.91 Å². The number of nitrogens with one attached hydrogen (secondary N) is 2. The molecule has 0 spiro atoms. The highest BCUT2D eigenvalue weighted by atomic mass is 16.6. The van der Waals surface area contributed by atoms with Gasteiger partial charge in [0.05, 0.1) is 0 Å². The van der Waals surface area contributed by atoms with Gasteiger partial charge in [0.1, 0.15) is 12.1 Å². The highest BCUT2D eigenvalue weighted by Gasteiger charge is 2.23. The maximum atomic E-state index is 11.7. The number of ether oxygens (including phenoxy) is 1. The van der Waals surface area contributed by atoms with Crippen LogP contribution in [0.5, 0.6) is 0 Å². The summed E-state index contributed by atoms with van der Waals surface area (Å²) in [6.07, 6.45) is 2.20. The van der Waals surface area contributed by atoms with Gasteiger partial charge >= 0.3 is 6.09 Å². The predicted octanol–water partition coefficient (Wildman–Crippen LogP) is 0.888. The maximum Gasteiger partial charge on any atom is 0.408 e. The van der Waals surface area contributed by atoms with E-state index in [1.807, 2.05) is 6.08 Å². The van der Waals surface area contributed by atoms with Crippen molar-refractivity contribution in [2.45, 2.75) is 38.8 Å². The lowest BCUT2D eigenvalue weighted by Gasteiger charge is -2.20. The molecule has 1 rings (SSSR count). The molecular formula is C14H25N3O3. The van der Waals surface area contributed by atoms with Gasteiger partial charge in [0.15, 0.2) is 0 Å². The smallest absolute Gasteiger partial charge is 0.408 e. The number of rotatable bonds is 5. The zero-order chi connectivity index (χ0) is 15.2. The fraction of sp³-hybridized carbons (Fsp3) is 0.714. The molecule has 20 heavy (non-hydrogen) atoms. The van der Waals surface area contributed by atoms with E-state index in [0.717, 1.165) is 26.1 Å². The van der Waals surface area contributed by atoms with Gasteiger partial charge in [0.25, 0.3) is 0 Å². The standard InChI is InChI=1S/C14H25N3O3/c1-5-7-17-8-6-11(10-17)16-12(18)9-15-13(19)20-14(2,3)4/h5,11H,1,6-10H2,2-4H3,(H,15,19)(H,16,18)/t11-/m0/s1. The molecule has 0 aromatic carbocycles. The van der Waals surface area contributed by atoms with Crippen LogP contribution in [0.1, 0.15) is 27.2 Å². The number of carbonyl (C=O) groups is 2. The number of nitrogens with zero attached hydrogens (tertiary/aromatic N) is 1. The minimum atomic E-state index is -0.577. The summed E-state index contributed by atoms with van der Waals surface area (Å²) in [7, 11) is 0. The zero-order valence-corrected chi connectivity index (χ0v) is 12.6. The lowest BCUT2D eigenvalue weighted by atomic mass is 10.2. The molecule has 1 heterocycles. The average Bonchev–Trinajstić information content (AvgIpc) is 2.72. The van der Waals surface area contributed by atoms with E-state index in [4.69, 9.17) is 4.74 Å². The summed E-state index contributed by atoms with van der Waals surface area (Å²) in [5, 5.41) is 5.35. The third-order valence-corrected chi connectivity index (χ3v) is 2.82. The Bertz CT molecular complexity index is 363. The maximum absolute atomic E-state index is 11.7. The average molecular weight is 283 g/mol. The van der Waals surface area contributed by atoms with Crippen molar-refractivity contribution in [3.63, 3.8) is 0 Å². The van der Waals surface area contributed by atoms with Gasteiger partial charge in [-0.25, -0.2) is 4.79 Å². The highest BCUT2D eigenvalue weighted by Crippen LogP contribution is 2.08. The number of hydrogen-bond donors (Lipinski definition) is 2. The van der Waals surface area contributed by atoms with Gasteiger partial charge in [-0.1, -0.05) is 6.08 Å². The van der Waals surface area contributed by atoms with Crippen LogP contribution in [0.3, 0.4) is 0 Å². The van der Waals surface area contributed by atoms with E-state index in [1.54, 1.807) is 20.8 Å². The molecule has 0 saturated carbocycles. The Morgan fingerprint density at radius 1 is 1.45 bits per heavy atom. The van der Waals surface area contributed by atoms with Crippen LogP contribution in [0, 0.1) is 0 Å². The first-order valence-corrected chi connectivity index (χ1v) is 6.89. The summed E-state index contributed by atoms with van der Waals surface area (Å²) in [4.78, 5) is 25.3. The van der Waals surface area contributed by atoms with E-state index in [0.29, 0.717) is 0 Å². The lowest BCUT2D eigenvalue weighted by Crippen LogP contribution is -2.44. The number of hydrogen-bond acceptors (Lipinski definition) is 4. The van der Waals surface area contributed by atoms with Crippen LogP contribution in [-0.2, 0) is 9.53 Å². The van der Waals surface area contributed by atoms with E-state index >= 15 is 0 Å². The lowest BCUT2D eigenvalue weighted by molar-refractivity contribution is -0.120. The SMILES string of the molecule is C=CCN1CC[C@H](NC(=O)CNC(=O)OC(C)(C)C)C1. The Labute approximate surface area is 120 Å². The summed E-state index contributed by atoms with van der Waals surface area (Å²) >= 11 is 0. The van der Waals surface area contributed by atoms with Crippen LogP contribution < -0.4 is 10.6 Å². The monoisotopic (exact) mass is 283 g/mol. The topological polar surface area (TPSA) is 70.7 Å². The van der Waals surface area contributed by atoms with Crippen LogP contribution in [0.15, 0.2) is 12.7 Å². The second-order valence-electron chi connectivity index (χ2n) is 5.96. The molecule has 0 bridgehead atoms. The molecular weight excluding hydrogens is 258 g/mol. The second-order valence-corrected chi connectivity index (χ2v) is 5.96. The fourth-order valence-electron chi connectivity index (χ4n) is 2.04. The van der Waals surface area contributed by atoms with E-state index in [1.165, 1.54) is 0 Å². The third kappa shape index (κ3) is 6.56. The Morgan fingerprint density at radius 3 is 2.75 bits per heavy atom. The Kier molecular flexibility index (Phi) is 6.01. The number of likely N-dealkylation sites (tertiary alicyclic amines) is 1. The molecule has 0 unspecified atom stereocenters. The van der Waals surface area contributed by atoms with Crippen LogP contribution >= 0.6 is 0 Å². The van der Waals surface area contributed by atoms with E-state index < -0.39 is 11.7 Å². The minimum Gasteiger partial charge on any atom is -0.444 e. The first-order valence-electron chi connectivity index (χ1n) is 6.89. The van der Waals surface area contributed by atoms with E-state index in [9.17, 15) is 9.59 Å². The number of alkyl carbamates (subject to hydrolysis) is 1. The molecule has 2 amide bonds. The van der Waals surface area contributed by atoms with Crippen LogP contribution in [0.2, 0.25) is 0 Å². The van der Waals surface area contributed by atoms with Gasteiger partial charge in [-0.3, -0.25) is 9.69 Å². The Hall–Kier alpha value is -1.56. The predicted molar refractivity (Wildman–Crippen MR) is 77.4 cm³/mol. The van der Waals surface area contributed by atoms with Gasteiger partial charge in [-0.2, -0.15) is 0 Å². The second kappa shape index (κ2) is 7.28. The molecule has 2 N–H and O–H groups in total. The summed E-state index contributed by atoms with van der Waals surface area (Å²) < 4.78 is 5.06. The molecule has 0 radical (unpaired) electrons. The van der Waals surface area contributed by atoms with E-state index in [-0.39, 0.29) is 18.5 Å². The highest BCUT2D eigenvalue weighted by molar-refractivity contribution is 5.82. The number of carbonyl (C=O) groups excluding carboxylic acids is 2. The largest absolute Gasteiger partial charge is 0.444 e. The molecule has 6 heteroatoms. The fourth-order valence-corrected chi connectivity index (χ4v) is 2.04. The molecule has 1 saturated heterocycles. The first kappa shape index (κ1) is 16.5. The van der Waals surface area contributed by atoms with Crippen molar-refractivity contribution in [2.24, 2.45) is 0 Å². The van der Waals surface area contributed by atoms with Gasteiger partial charge in [-0.05, 0) is 27.2 Å². The summed E-state index contributed by atoms with van der Waals surface area (Å²) in [6, 6.07) is 0.142. The molecule has 1 aliphatic rings. The normalized spacial score (nSPS) is 19.4. The molecule has 0 aliphatic carbocycles. The van der Waals surface area contributed by atoms with Crippen molar-refractivity contribution in [1.29, 1.82) is 0 Å².